The smallest absolute Gasteiger partial charge is 0.338 e. The second kappa shape index (κ2) is 4.52. The molecule has 1 aliphatic heterocycles. The van der Waals surface area contributed by atoms with Gasteiger partial charge in [-0.05, 0) is 25.7 Å². The van der Waals surface area contributed by atoms with E-state index in [2.05, 4.69) is 6.92 Å². The van der Waals surface area contributed by atoms with Gasteiger partial charge in [0.1, 0.15) is 5.60 Å². The highest BCUT2D eigenvalue weighted by atomic mass is 16.6. The van der Waals surface area contributed by atoms with E-state index in [0.717, 1.165) is 25.7 Å². The maximum atomic E-state index is 11.6. The Hall–Kier alpha value is -0.570. The van der Waals surface area contributed by atoms with Gasteiger partial charge in [-0.25, -0.2) is 4.79 Å². The lowest BCUT2D eigenvalue weighted by atomic mass is 9.84. The van der Waals surface area contributed by atoms with Gasteiger partial charge in [0, 0.05) is 6.42 Å². The van der Waals surface area contributed by atoms with E-state index in [4.69, 9.17) is 4.74 Å². The molecule has 1 heterocycles. The van der Waals surface area contributed by atoms with Crippen LogP contribution in [0.3, 0.4) is 0 Å². The predicted octanol–water partition coefficient (Wildman–Crippen LogP) is 2.41. The zero-order valence-corrected chi connectivity index (χ0v) is 10.0. The minimum atomic E-state index is -1.23. The molecule has 0 spiro atoms. The largest absolute Gasteiger partial charge is 0.457 e. The Kier molecular flexibility index (Phi) is 3.77. The summed E-state index contributed by atoms with van der Waals surface area (Å²) >= 11 is 0. The van der Waals surface area contributed by atoms with Crippen molar-refractivity contribution in [3.63, 3.8) is 0 Å². The monoisotopic (exact) mass is 214 g/mol. The molecule has 0 bridgehead atoms. The van der Waals surface area contributed by atoms with E-state index < -0.39 is 17.2 Å². The predicted molar refractivity (Wildman–Crippen MR) is 58.5 cm³/mol. The number of hydrogen-bond acceptors (Lipinski definition) is 3. The van der Waals surface area contributed by atoms with Gasteiger partial charge in [-0.3, -0.25) is 0 Å². The number of esters is 1. The fourth-order valence-corrected chi connectivity index (χ4v) is 2.21. The summed E-state index contributed by atoms with van der Waals surface area (Å²) in [5, 5.41) is 10.1. The highest BCUT2D eigenvalue weighted by molar-refractivity contribution is 5.82. The van der Waals surface area contributed by atoms with Gasteiger partial charge in [0.25, 0.3) is 0 Å². The first-order valence-electron chi connectivity index (χ1n) is 5.98. The third-order valence-electron chi connectivity index (χ3n) is 3.52. The van der Waals surface area contributed by atoms with Gasteiger partial charge in [0.15, 0.2) is 5.60 Å². The van der Waals surface area contributed by atoms with E-state index in [9.17, 15) is 9.90 Å². The van der Waals surface area contributed by atoms with E-state index in [-0.39, 0.29) is 0 Å². The SMILES string of the molecule is CCCC[C@@]1(CC)C[C@@](O)(CC)C(=O)O1. The van der Waals surface area contributed by atoms with Crippen LogP contribution in [0.15, 0.2) is 0 Å². The molecule has 0 unspecified atom stereocenters. The molecule has 15 heavy (non-hydrogen) atoms. The van der Waals surface area contributed by atoms with Crippen LogP contribution in [0, 0.1) is 0 Å². The third kappa shape index (κ3) is 2.33. The van der Waals surface area contributed by atoms with Crippen LogP contribution >= 0.6 is 0 Å². The molecule has 0 amide bonds. The Morgan fingerprint density at radius 3 is 2.40 bits per heavy atom. The molecule has 0 aromatic carbocycles. The van der Waals surface area contributed by atoms with E-state index in [1.54, 1.807) is 0 Å². The summed E-state index contributed by atoms with van der Waals surface area (Å²) in [7, 11) is 0. The molecule has 1 fully saturated rings. The Morgan fingerprint density at radius 1 is 1.33 bits per heavy atom. The number of carbonyl (C=O) groups is 1. The van der Waals surface area contributed by atoms with Crippen LogP contribution < -0.4 is 0 Å². The molecule has 88 valence electrons. The van der Waals surface area contributed by atoms with Crippen LogP contribution in [0.25, 0.3) is 0 Å². The van der Waals surface area contributed by atoms with Crippen molar-refractivity contribution in [3.05, 3.63) is 0 Å². The summed E-state index contributed by atoms with van der Waals surface area (Å²) in [6.45, 7) is 5.96. The minimum Gasteiger partial charge on any atom is -0.457 e. The number of cyclic esters (lactones) is 1. The molecular formula is C12H22O3. The lowest BCUT2D eigenvalue weighted by molar-refractivity contribution is -0.159. The molecule has 0 aliphatic carbocycles. The van der Waals surface area contributed by atoms with Crippen LogP contribution in [-0.2, 0) is 9.53 Å². The second-order valence-electron chi connectivity index (χ2n) is 4.59. The van der Waals surface area contributed by atoms with Crippen molar-refractivity contribution in [2.75, 3.05) is 0 Å². The van der Waals surface area contributed by atoms with E-state index in [0.29, 0.717) is 12.8 Å². The van der Waals surface area contributed by atoms with E-state index in [1.807, 2.05) is 13.8 Å². The van der Waals surface area contributed by atoms with Crippen molar-refractivity contribution >= 4 is 5.97 Å². The lowest BCUT2D eigenvalue weighted by Crippen LogP contribution is -2.34. The van der Waals surface area contributed by atoms with Gasteiger partial charge in [0.05, 0.1) is 0 Å². The molecule has 3 nitrogen and oxygen atoms in total. The van der Waals surface area contributed by atoms with Gasteiger partial charge in [-0.2, -0.15) is 0 Å². The topological polar surface area (TPSA) is 46.5 Å². The van der Waals surface area contributed by atoms with Crippen molar-refractivity contribution in [2.24, 2.45) is 0 Å². The molecule has 3 heteroatoms. The third-order valence-corrected chi connectivity index (χ3v) is 3.52. The van der Waals surface area contributed by atoms with Crippen molar-refractivity contribution < 1.29 is 14.6 Å². The zero-order chi connectivity index (χ0) is 11.5. The summed E-state index contributed by atoms with van der Waals surface area (Å²) in [5.41, 5.74) is -1.64. The Balaban J connectivity index is 2.75. The Morgan fingerprint density at radius 2 is 2.00 bits per heavy atom. The van der Waals surface area contributed by atoms with Gasteiger partial charge in [-0.1, -0.05) is 27.2 Å². The average Bonchev–Trinajstić information content (AvgIpc) is 2.50. The number of ether oxygens (including phenoxy) is 1. The van der Waals surface area contributed by atoms with Gasteiger partial charge < -0.3 is 9.84 Å². The maximum Gasteiger partial charge on any atom is 0.338 e. The molecule has 1 rings (SSSR count). The number of unbranched alkanes of at least 4 members (excludes halogenated alkanes) is 1. The lowest BCUT2D eigenvalue weighted by Gasteiger charge is -2.26. The van der Waals surface area contributed by atoms with E-state index in [1.165, 1.54) is 0 Å². The summed E-state index contributed by atoms with van der Waals surface area (Å²) in [5.74, 6) is -0.428. The minimum absolute atomic E-state index is 0.405. The molecule has 0 aromatic heterocycles. The number of hydrogen-bond donors (Lipinski definition) is 1. The molecule has 1 saturated heterocycles. The molecule has 0 saturated carbocycles. The van der Waals surface area contributed by atoms with Crippen LogP contribution in [0.2, 0.25) is 0 Å². The first kappa shape index (κ1) is 12.5. The van der Waals surface area contributed by atoms with Gasteiger partial charge in [0.2, 0.25) is 0 Å². The molecule has 0 aromatic rings. The van der Waals surface area contributed by atoms with Crippen LogP contribution in [0.4, 0.5) is 0 Å². The summed E-state index contributed by atoms with van der Waals surface area (Å²) in [6, 6.07) is 0. The van der Waals surface area contributed by atoms with Crippen LogP contribution in [-0.4, -0.2) is 22.3 Å². The molecule has 1 aliphatic rings. The normalized spacial score (nSPS) is 35.6. The van der Waals surface area contributed by atoms with Crippen LogP contribution in [0.1, 0.15) is 59.3 Å². The summed E-state index contributed by atoms with van der Waals surface area (Å²) in [4.78, 5) is 11.6. The number of rotatable bonds is 5. The first-order chi connectivity index (χ1) is 7.02. The van der Waals surface area contributed by atoms with Crippen molar-refractivity contribution in [3.8, 4) is 0 Å². The second-order valence-corrected chi connectivity index (χ2v) is 4.59. The van der Waals surface area contributed by atoms with Gasteiger partial charge in [-0.15, -0.1) is 0 Å². The quantitative estimate of drug-likeness (QED) is 0.715. The van der Waals surface area contributed by atoms with Gasteiger partial charge >= 0.3 is 5.97 Å². The van der Waals surface area contributed by atoms with Crippen molar-refractivity contribution in [1.82, 2.24) is 0 Å². The van der Waals surface area contributed by atoms with Crippen molar-refractivity contribution in [1.29, 1.82) is 0 Å². The molecule has 1 N–H and O–H groups in total. The van der Waals surface area contributed by atoms with E-state index >= 15 is 0 Å². The first-order valence-corrected chi connectivity index (χ1v) is 5.98. The maximum absolute atomic E-state index is 11.6. The fraction of sp³-hybridized carbons (Fsp3) is 0.917. The summed E-state index contributed by atoms with van der Waals surface area (Å²) in [6.07, 6.45) is 4.70. The number of carbonyl (C=O) groups excluding carboxylic acids is 1. The highest BCUT2D eigenvalue weighted by Crippen LogP contribution is 2.41. The number of aliphatic hydroxyl groups is 1. The Bertz CT molecular complexity index is 239. The molecule has 0 radical (unpaired) electrons. The van der Waals surface area contributed by atoms with Crippen LogP contribution in [0.5, 0.6) is 0 Å². The van der Waals surface area contributed by atoms with Crippen molar-refractivity contribution in [2.45, 2.75) is 70.5 Å². The fourth-order valence-electron chi connectivity index (χ4n) is 2.21. The molecule has 2 atom stereocenters. The summed E-state index contributed by atoms with van der Waals surface area (Å²) < 4.78 is 5.42. The standard InChI is InChI=1S/C12H22O3/c1-4-7-8-11(5-2)9-12(14,6-3)10(13)15-11/h14H,4-9H2,1-3H3/t11-,12-/m0/s1. The highest BCUT2D eigenvalue weighted by Gasteiger charge is 2.53. The zero-order valence-electron chi connectivity index (χ0n) is 10.0. The molecular weight excluding hydrogens is 192 g/mol. The Labute approximate surface area is 91.8 Å². The average molecular weight is 214 g/mol.